The first-order chi connectivity index (χ1) is 6.99. The van der Waals surface area contributed by atoms with Gasteiger partial charge in [0.1, 0.15) is 0 Å². The van der Waals surface area contributed by atoms with Gasteiger partial charge < -0.3 is 11.1 Å². The maximum atomic E-state index is 11.2. The predicted octanol–water partition coefficient (Wildman–Crippen LogP) is 0.0450. The van der Waals surface area contributed by atoms with Gasteiger partial charge in [-0.1, -0.05) is 0 Å². The molecule has 0 aliphatic heterocycles. The molecular formula is C10H18N4O. The van der Waals surface area contributed by atoms with E-state index >= 15 is 0 Å². The minimum absolute atomic E-state index is 0.338. The fourth-order valence-corrected chi connectivity index (χ4v) is 1.33. The third-order valence-corrected chi connectivity index (χ3v) is 2.85. The third-order valence-electron chi connectivity index (χ3n) is 2.85. The minimum Gasteiger partial charge on any atom is -0.368 e. The van der Waals surface area contributed by atoms with Gasteiger partial charge in [0.15, 0.2) is 0 Å². The van der Waals surface area contributed by atoms with Crippen molar-refractivity contribution in [3.8, 4) is 0 Å². The number of aromatic nitrogens is 2. The fourth-order valence-electron chi connectivity index (χ4n) is 1.33. The second-order valence-corrected chi connectivity index (χ2v) is 3.89. The molecule has 0 spiro atoms. The second-order valence-electron chi connectivity index (χ2n) is 3.89. The molecule has 1 rings (SSSR count). The average Bonchev–Trinajstić information content (AvgIpc) is 2.60. The van der Waals surface area contributed by atoms with Crippen molar-refractivity contribution in [3.63, 3.8) is 0 Å². The van der Waals surface area contributed by atoms with Gasteiger partial charge in [0.05, 0.1) is 5.54 Å². The third kappa shape index (κ3) is 2.56. The zero-order chi connectivity index (χ0) is 11.5. The zero-order valence-corrected chi connectivity index (χ0v) is 9.45. The number of rotatable bonds is 5. The Hall–Kier alpha value is -1.36. The van der Waals surface area contributed by atoms with E-state index in [9.17, 15) is 4.79 Å². The largest absolute Gasteiger partial charge is 0.368 e. The van der Waals surface area contributed by atoms with Gasteiger partial charge in [-0.3, -0.25) is 9.48 Å². The van der Waals surface area contributed by atoms with E-state index in [-0.39, 0.29) is 5.91 Å². The summed E-state index contributed by atoms with van der Waals surface area (Å²) in [6.45, 7) is 4.46. The number of carbonyl (C=O) groups is 1. The molecule has 1 aromatic rings. The standard InChI is InChI=1S/C10H18N4O/c1-8-4-6-13-14(8)7-5-10(2,12-3)9(11)15/h4,6,12H,5,7H2,1-3H3,(H2,11,15). The molecular weight excluding hydrogens is 192 g/mol. The number of primary amides is 1. The molecule has 0 saturated heterocycles. The van der Waals surface area contributed by atoms with E-state index < -0.39 is 5.54 Å². The van der Waals surface area contributed by atoms with Crippen LogP contribution in [0.15, 0.2) is 12.3 Å². The molecule has 0 aliphatic carbocycles. The number of carbonyl (C=O) groups excluding carboxylic acids is 1. The van der Waals surface area contributed by atoms with Crippen molar-refractivity contribution in [2.24, 2.45) is 5.73 Å². The van der Waals surface area contributed by atoms with Crippen LogP contribution in [0.4, 0.5) is 0 Å². The molecule has 5 heteroatoms. The van der Waals surface area contributed by atoms with E-state index in [2.05, 4.69) is 10.4 Å². The Morgan fingerprint density at radius 3 is 2.80 bits per heavy atom. The highest BCUT2D eigenvalue weighted by Crippen LogP contribution is 2.10. The zero-order valence-electron chi connectivity index (χ0n) is 9.45. The molecule has 0 aromatic carbocycles. The summed E-state index contributed by atoms with van der Waals surface area (Å²) >= 11 is 0. The Morgan fingerprint density at radius 2 is 2.40 bits per heavy atom. The van der Waals surface area contributed by atoms with Crippen molar-refractivity contribution in [3.05, 3.63) is 18.0 Å². The minimum atomic E-state index is -0.668. The first kappa shape index (κ1) is 11.7. The summed E-state index contributed by atoms with van der Waals surface area (Å²) in [6, 6.07) is 1.93. The lowest BCUT2D eigenvalue weighted by Crippen LogP contribution is -2.52. The van der Waals surface area contributed by atoms with Crippen LogP contribution in [0.5, 0.6) is 0 Å². The van der Waals surface area contributed by atoms with Gasteiger partial charge in [-0.25, -0.2) is 0 Å². The number of likely N-dealkylation sites (N-methyl/N-ethyl adjacent to an activating group) is 1. The van der Waals surface area contributed by atoms with Crippen LogP contribution in [0.3, 0.4) is 0 Å². The summed E-state index contributed by atoms with van der Waals surface area (Å²) < 4.78 is 1.86. The van der Waals surface area contributed by atoms with Crippen LogP contribution in [0.2, 0.25) is 0 Å². The van der Waals surface area contributed by atoms with Crippen molar-refractivity contribution in [1.82, 2.24) is 15.1 Å². The number of hydrogen-bond acceptors (Lipinski definition) is 3. The summed E-state index contributed by atoms with van der Waals surface area (Å²) in [7, 11) is 1.74. The topological polar surface area (TPSA) is 72.9 Å². The van der Waals surface area contributed by atoms with E-state index in [1.807, 2.05) is 17.7 Å². The molecule has 5 nitrogen and oxygen atoms in total. The molecule has 84 valence electrons. The Balaban J connectivity index is 2.63. The number of nitrogens with one attached hydrogen (secondary N) is 1. The van der Waals surface area contributed by atoms with Gasteiger partial charge >= 0.3 is 0 Å². The quantitative estimate of drug-likeness (QED) is 0.721. The van der Waals surface area contributed by atoms with E-state index in [0.29, 0.717) is 13.0 Å². The lowest BCUT2D eigenvalue weighted by atomic mass is 9.97. The average molecular weight is 210 g/mol. The Kier molecular flexibility index (Phi) is 3.47. The van der Waals surface area contributed by atoms with Gasteiger partial charge in [-0.15, -0.1) is 0 Å². The molecule has 1 aromatic heterocycles. The van der Waals surface area contributed by atoms with Crippen molar-refractivity contribution in [2.75, 3.05) is 7.05 Å². The Labute approximate surface area is 89.6 Å². The summed E-state index contributed by atoms with van der Waals surface area (Å²) in [6.07, 6.45) is 2.37. The number of nitrogens with two attached hydrogens (primary N) is 1. The van der Waals surface area contributed by atoms with Crippen LogP contribution in [0, 0.1) is 6.92 Å². The van der Waals surface area contributed by atoms with Crippen molar-refractivity contribution < 1.29 is 4.79 Å². The Morgan fingerprint density at radius 1 is 1.73 bits per heavy atom. The summed E-state index contributed by atoms with van der Waals surface area (Å²) in [5, 5.41) is 7.09. The maximum absolute atomic E-state index is 11.2. The van der Waals surface area contributed by atoms with Crippen LogP contribution in [-0.4, -0.2) is 28.3 Å². The van der Waals surface area contributed by atoms with Gasteiger partial charge in [-0.05, 0) is 33.4 Å². The van der Waals surface area contributed by atoms with E-state index in [1.54, 1.807) is 20.2 Å². The number of nitrogens with zero attached hydrogens (tertiary/aromatic N) is 2. The maximum Gasteiger partial charge on any atom is 0.237 e. The van der Waals surface area contributed by atoms with Crippen LogP contribution in [-0.2, 0) is 11.3 Å². The molecule has 0 aliphatic rings. The molecule has 1 atom stereocenters. The first-order valence-corrected chi connectivity index (χ1v) is 4.97. The molecule has 0 saturated carbocycles. The number of amides is 1. The molecule has 1 amide bonds. The molecule has 1 unspecified atom stereocenters. The second kappa shape index (κ2) is 4.44. The van der Waals surface area contributed by atoms with Crippen molar-refractivity contribution in [1.29, 1.82) is 0 Å². The van der Waals surface area contributed by atoms with Crippen LogP contribution >= 0.6 is 0 Å². The van der Waals surface area contributed by atoms with Gasteiger partial charge in [-0.2, -0.15) is 5.10 Å². The summed E-state index contributed by atoms with van der Waals surface area (Å²) in [5.41, 5.74) is 5.74. The van der Waals surface area contributed by atoms with Crippen molar-refractivity contribution >= 4 is 5.91 Å². The monoisotopic (exact) mass is 210 g/mol. The highest BCUT2D eigenvalue weighted by molar-refractivity contribution is 5.84. The van der Waals surface area contributed by atoms with E-state index in [4.69, 9.17) is 5.73 Å². The normalized spacial score (nSPS) is 14.9. The molecule has 3 N–H and O–H groups in total. The van der Waals surface area contributed by atoms with Gasteiger partial charge in [0, 0.05) is 18.4 Å². The molecule has 0 radical (unpaired) electrons. The predicted molar refractivity (Wildman–Crippen MR) is 58.2 cm³/mol. The SMILES string of the molecule is CNC(C)(CCn1nccc1C)C(N)=O. The molecule has 15 heavy (non-hydrogen) atoms. The first-order valence-electron chi connectivity index (χ1n) is 4.97. The van der Waals surface area contributed by atoms with Gasteiger partial charge in [0.25, 0.3) is 0 Å². The highest BCUT2D eigenvalue weighted by atomic mass is 16.1. The smallest absolute Gasteiger partial charge is 0.237 e. The fraction of sp³-hybridized carbons (Fsp3) is 0.600. The van der Waals surface area contributed by atoms with Crippen LogP contribution < -0.4 is 11.1 Å². The lowest BCUT2D eigenvalue weighted by molar-refractivity contribution is -0.124. The van der Waals surface area contributed by atoms with E-state index in [1.165, 1.54) is 0 Å². The summed E-state index contributed by atoms with van der Waals surface area (Å²) in [4.78, 5) is 11.2. The lowest BCUT2D eigenvalue weighted by Gasteiger charge is -2.25. The molecule has 1 heterocycles. The van der Waals surface area contributed by atoms with Crippen LogP contribution in [0.25, 0.3) is 0 Å². The highest BCUT2D eigenvalue weighted by Gasteiger charge is 2.28. The summed E-state index contributed by atoms with van der Waals surface area (Å²) in [5.74, 6) is -0.338. The molecule has 0 fully saturated rings. The number of aryl methyl sites for hydroxylation is 2. The van der Waals surface area contributed by atoms with Crippen molar-refractivity contribution in [2.45, 2.75) is 32.4 Å². The van der Waals surface area contributed by atoms with Gasteiger partial charge in [0.2, 0.25) is 5.91 Å². The molecule has 0 bridgehead atoms. The number of hydrogen-bond donors (Lipinski definition) is 2. The Bertz CT molecular complexity index is 347. The van der Waals surface area contributed by atoms with E-state index in [0.717, 1.165) is 5.69 Å². The van der Waals surface area contributed by atoms with Crippen LogP contribution in [0.1, 0.15) is 19.0 Å².